The van der Waals surface area contributed by atoms with Crippen molar-refractivity contribution in [3.8, 4) is 0 Å². The van der Waals surface area contributed by atoms with Crippen molar-refractivity contribution in [1.82, 2.24) is 9.97 Å². The van der Waals surface area contributed by atoms with Crippen molar-refractivity contribution in [2.24, 2.45) is 0 Å². The Morgan fingerprint density at radius 2 is 1.05 bits per heavy atom. The molecule has 0 atom stereocenters. The van der Waals surface area contributed by atoms with Crippen LogP contribution in [0.25, 0.3) is 21.8 Å². The average Bonchev–Trinajstić information content (AvgIpc) is 3.51. The second kappa shape index (κ2) is 12.0. The van der Waals surface area contributed by atoms with E-state index >= 15 is 0 Å². The van der Waals surface area contributed by atoms with Gasteiger partial charge in [-0.25, -0.2) is 8.78 Å². The van der Waals surface area contributed by atoms with Gasteiger partial charge in [0, 0.05) is 63.1 Å². The Balaban J connectivity index is 0.000000156. The Hall–Kier alpha value is -3.04. The molecule has 1 spiro atoms. The highest BCUT2D eigenvalue weighted by Crippen LogP contribution is 2.48. The molecule has 3 aliphatic rings. The fourth-order valence-electron chi connectivity index (χ4n) is 7.47. The summed E-state index contributed by atoms with van der Waals surface area (Å²) in [5, 5.41) is 1.83. The maximum Gasteiger partial charge on any atom is 0.168 e. The van der Waals surface area contributed by atoms with E-state index in [1.54, 1.807) is 38.5 Å². The van der Waals surface area contributed by atoms with Gasteiger partial charge in [-0.1, -0.05) is 13.8 Å². The van der Waals surface area contributed by atoms with Crippen LogP contribution in [-0.4, -0.2) is 49.0 Å². The van der Waals surface area contributed by atoms with E-state index in [-0.39, 0.29) is 28.3 Å². The van der Waals surface area contributed by atoms with E-state index in [9.17, 15) is 8.78 Å². The number of fused-ring (bicyclic) bond motifs is 2. The van der Waals surface area contributed by atoms with Crippen molar-refractivity contribution in [1.29, 1.82) is 0 Å². The fourth-order valence-corrected chi connectivity index (χ4v) is 7.47. The molecule has 2 aliphatic carbocycles. The molecule has 0 unspecified atom stereocenters. The zero-order chi connectivity index (χ0) is 31.0. The van der Waals surface area contributed by atoms with Crippen LogP contribution in [-0.2, 0) is 29.8 Å². The van der Waals surface area contributed by atoms with Crippen LogP contribution < -0.4 is 0 Å². The summed E-state index contributed by atoms with van der Waals surface area (Å²) in [5.74, 6) is -1.27. The summed E-state index contributed by atoms with van der Waals surface area (Å²) in [6, 6.07) is 13.7. The number of aromatic nitrogens is 2. The summed E-state index contributed by atoms with van der Waals surface area (Å²) in [6.45, 7) is 5.89. The minimum absolute atomic E-state index is 0.00947. The van der Waals surface area contributed by atoms with Crippen LogP contribution in [0, 0.1) is 11.6 Å². The van der Waals surface area contributed by atoms with E-state index in [1.807, 2.05) is 24.5 Å². The molecule has 6 nitrogen and oxygen atoms in total. The lowest BCUT2D eigenvalue weighted by molar-refractivity contribution is -0.228. The lowest BCUT2D eigenvalue weighted by Gasteiger charge is -2.43. The molecule has 234 valence electrons. The largest absolute Gasteiger partial charge is 0.353 e. The van der Waals surface area contributed by atoms with Gasteiger partial charge in [0.25, 0.3) is 0 Å². The van der Waals surface area contributed by atoms with E-state index in [1.165, 1.54) is 17.7 Å². The molecule has 8 heteroatoms. The van der Waals surface area contributed by atoms with Crippen LogP contribution in [0.2, 0.25) is 0 Å². The van der Waals surface area contributed by atoms with Gasteiger partial charge in [0.1, 0.15) is 11.6 Å². The average molecular weight is 605 g/mol. The Bertz CT molecular complexity index is 1510. The number of hydrogen-bond donors (Lipinski definition) is 0. The van der Waals surface area contributed by atoms with Gasteiger partial charge in [-0.05, 0) is 96.2 Å². The highest BCUT2D eigenvalue weighted by Gasteiger charge is 2.45. The van der Waals surface area contributed by atoms with Crippen molar-refractivity contribution in [3.05, 3.63) is 83.7 Å². The Morgan fingerprint density at radius 1 is 0.614 bits per heavy atom. The Morgan fingerprint density at radius 3 is 1.48 bits per heavy atom. The van der Waals surface area contributed by atoms with Gasteiger partial charge in [-0.3, -0.25) is 9.97 Å². The quantitative estimate of drug-likeness (QED) is 0.219. The minimum Gasteiger partial charge on any atom is -0.353 e. The van der Waals surface area contributed by atoms with E-state index in [2.05, 4.69) is 23.8 Å². The molecular formula is C36H42F2N2O4. The number of hydrogen-bond acceptors (Lipinski definition) is 6. The summed E-state index contributed by atoms with van der Waals surface area (Å²) in [5.41, 5.74) is 4.04. The second-order valence-electron chi connectivity index (χ2n) is 13.1. The zero-order valence-electron chi connectivity index (χ0n) is 26.1. The first-order valence-corrected chi connectivity index (χ1v) is 15.6. The first-order valence-electron chi connectivity index (χ1n) is 15.6. The SMILES string of the molecule is CC1(c2ccnc3ccc(F)cc23)CCC2(CC1)OCCO2.COC1(OC)CCC(C)(c2ccnc3ccc(F)cc23)CC1. The maximum atomic E-state index is 13.7. The topological polar surface area (TPSA) is 62.7 Å². The highest BCUT2D eigenvalue weighted by molar-refractivity contribution is 5.84. The molecule has 3 fully saturated rings. The molecule has 2 saturated carbocycles. The van der Waals surface area contributed by atoms with Crippen molar-refractivity contribution in [2.75, 3.05) is 27.4 Å². The number of benzene rings is 2. The fraction of sp³-hybridized carbons (Fsp3) is 0.500. The zero-order valence-corrected chi connectivity index (χ0v) is 26.1. The number of halogens is 2. The van der Waals surface area contributed by atoms with E-state index in [0.717, 1.165) is 78.7 Å². The van der Waals surface area contributed by atoms with Gasteiger partial charge in [0.2, 0.25) is 0 Å². The summed E-state index contributed by atoms with van der Waals surface area (Å²) in [6.07, 6.45) is 10.9. The predicted octanol–water partition coefficient (Wildman–Crippen LogP) is 8.14. The molecule has 4 aromatic rings. The molecule has 0 bridgehead atoms. The smallest absolute Gasteiger partial charge is 0.168 e. The van der Waals surface area contributed by atoms with Crippen molar-refractivity contribution < 1.29 is 27.7 Å². The van der Waals surface area contributed by atoms with Crippen LogP contribution in [0.4, 0.5) is 8.78 Å². The van der Waals surface area contributed by atoms with Crippen LogP contribution in [0.15, 0.2) is 60.9 Å². The van der Waals surface area contributed by atoms with Gasteiger partial charge in [0.15, 0.2) is 11.6 Å². The molecule has 0 radical (unpaired) electrons. The molecule has 7 rings (SSSR count). The number of rotatable bonds is 4. The van der Waals surface area contributed by atoms with E-state index in [4.69, 9.17) is 18.9 Å². The third-order valence-electron chi connectivity index (χ3n) is 10.5. The first kappa shape index (κ1) is 31.0. The summed E-state index contributed by atoms with van der Waals surface area (Å²) >= 11 is 0. The minimum atomic E-state index is -0.479. The summed E-state index contributed by atoms with van der Waals surface area (Å²) in [7, 11) is 3.40. The third kappa shape index (κ3) is 5.85. The summed E-state index contributed by atoms with van der Waals surface area (Å²) in [4.78, 5) is 8.72. The molecule has 0 N–H and O–H groups in total. The number of ether oxygens (including phenoxy) is 4. The monoisotopic (exact) mass is 604 g/mol. The van der Waals surface area contributed by atoms with Crippen molar-refractivity contribution in [2.45, 2.75) is 87.6 Å². The van der Waals surface area contributed by atoms with Gasteiger partial charge in [0.05, 0.1) is 24.2 Å². The van der Waals surface area contributed by atoms with Crippen LogP contribution in [0.1, 0.15) is 76.3 Å². The van der Waals surface area contributed by atoms with Crippen LogP contribution >= 0.6 is 0 Å². The van der Waals surface area contributed by atoms with Crippen LogP contribution in [0.3, 0.4) is 0 Å². The standard InChI is InChI=1S/C18H20FNO2.C18H22FNO2/c1-17(5-7-18(8-6-17)21-10-11-22-18)15-4-9-20-16-3-2-13(19)12-14(15)16;1-17(7-9-18(21-2,22-3)10-8-17)15-6-11-20-16-5-4-13(19)12-14(15)16/h2-4,9,12H,5-8,10-11H2,1H3;4-6,11-12H,7-10H2,1-3H3. The van der Waals surface area contributed by atoms with Crippen LogP contribution in [0.5, 0.6) is 0 Å². The van der Waals surface area contributed by atoms with Crippen molar-refractivity contribution in [3.63, 3.8) is 0 Å². The molecular weight excluding hydrogens is 562 g/mol. The predicted molar refractivity (Wildman–Crippen MR) is 166 cm³/mol. The van der Waals surface area contributed by atoms with Crippen molar-refractivity contribution >= 4 is 21.8 Å². The van der Waals surface area contributed by atoms with Gasteiger partial charge in [-0.2, -0.15) is 0 Å². The first-order chi connectivity index (χ1) is 21.1. The molecule has 0 amide bonds. The second-order valence-corrected chi connectivity index (χ2v) is 13.1. The highest BCUT2D eigenvalue weighted by atomic mass is 19.1. The Labute approximate surface area is 258 Å². The lowest BCUT2D eigenvalue weighted by Crippen LogP contribution is -2.42. The maximum absolute atomic E-state index is 13.7. The Kier molecular flexibility index (Phi) is 8.48. The molecule has 44 heavy (non-hydrogen) atoms. The molecule has 1 aliphatic heterocycles. The van der Waals surface area contributed by atoms with Gasteiger partial charge < -0.3 is 18.9 Å². The van der Waals surface area contributed by atoms with Gasteiger partial charge in [-0.15, -0.1) is 0 Å². The number of methoxy groups -OCH3 is 2. The van der Waals surface area contributed by atoms with E-state index < -0.39 is 5.79 Å². The lowest BCUT2D eigenvalue weighted by atomic mass is 9.68. The normalized spacial score (nSPS) is 21.7. The summed E-state index contributed by atoms with van der Waals surface area (Å²) < 4.78 is 50.1. The van der Waals surface area contributed by atoms with Gasteiger partial charge >= 0.3 is 0 Å². The third-order valence-corrected chi connectivity index (χ3v) is 10.5. The molecule has 1 saturated heterocycles. The van der Waals surface area contributed by atoms with E-state index in [0.29, 0.717) is 13.2 Å². The molecule has 2 aromatic carbocycles. The number of nitrogens with zero attached hydrogens (tertiary/aromatic N) is 2. The number of pyridine rings is 2. The molecule has 2 aromatic heterocycles. The molecule has 3 heterocycles.